The zero-order valence-electron chi connectivity index (χ0n) is 16.0. The van der Waals surface area contributed by atoms with E-state index < -0.39 is 0 Å². The molecule has 0 radical (unpaired) electrons. The van der Waals surface area contributed by atoms with E-state index in [1.165, 1.54) is 11.8 Å². The van der Waals surface area contributed by atoms with Gasteiger partial charge in [-0.05, 0) is 49.7 Å². The van der Waals surface area contributed by atoms with Crippen molar-refractivity contribution in [3.63, 3.8) is 0 Å². The van der Waals surface area contributed by atoms with Crippen LogP contribution in [-0.4, -0.2) is 29.2 Å². The molecule has 2 aromatic carbocycles. The first-order chi connectivity index (χ1) is 14.1. The maximum Gasteiger partial charge on any atom is 0.231 e. The summed E-state index contributed by atoms with van der Waals surface area (Å²) in [6, 6.07) is 11.3. The molecule has 0 N–H and O–H groups in total. The summed E-state index contributed by atoms with van der Waals surface area (Å²) in [4.78, 5) is 17.5. The Labute approximate surface area is 177 Å². The lowest BCUT2D eigenvalue weighted by Crippen LogP contribution is -2.06. The van der Waals surface area contributed by atoms with Crippen molar-refractivity contribution in [2.75, 3.05) is 13.4 Å². The van der Waals surface area contributed by atoms with Gasteiger partial charge >= 0.3 is 0 Å². The highest BCUT2D eigenvalue weighted by Crippen LogP contribution is 2.38. The number of hydrogen-bond donors (Lipinski definition) is 0. The number of ether oxygens (including phenoxy) is 3. The van der Waals surface area contributed by atoms with Crippen molar-refractivity contribution in [1.82, 2.24) is 9.55 Å². The summed E-state index contributed by atoms with van der Waals surface area (Å²) in [6.07, 6.45) is 0.831. The zero-order valence-corrected chi connectivity index (χ0v) is 17.5. The average molecular weight is 431 g/mol. The monoisotopic (exact) mass is 430 g/mol. The standard InChI is InChI=1S/C21H19ClN2O4S/c1-3-26-15-4-6-16(7-5-15)29-21-18(11-25)24(13(2)23-21)10-14-8-19-20(9-17(14)22)28-12-27-19/h4-9,11H,3,10,12H2,1-2H3. The Bertz CT molecular complexity index is 1050. The Balaban J connectivity index is 1.61. The molecule has 0 saturated carbocycles. The lowest BCUT2D eigenvalue weighted by molar-refractivity contribution is 0.111. The number of carbonyl (C=O) groups excluding carboxylic acids is 1. The molecule has 0 bridgehead atoms. The van der Waals surface area contributed by atoms with Gasteiger partial charge in [0.05, 0.1) is 13.2 Å². The number of aldehydes is 1. The maximum absolute atomic E-state index is 11.9. The Kier molecular flexibility index (Phi) is 5.69. The largest absolute Gasteiger partial charge is 0.494 e. The molecule has 6 nitrogen and oxygen atoms in total. The first-order valence-corrected chi connectivity index (χ1v) is 10.3. The van der Waals surface area contributed by atoms with Crippen LogP contribution in [-0.2, 0) is 6.54 Å². The van der Waals surface area contributed by atoms with E-state index in [2.05, 4.69) is 4.98 Å². The van der Waals surface area contributed by atoms with Crippen LogP contribution in [0.2, 0.25) is 5.02 Å². The van der Waals surface area contributed by atoms with Crippen LogP contribution >= 0.6 is 23.4 Å². The Hall–Kier alpha value is -2.64. The van der Waals surface area contributed by atoms with Crippen LogP contribution in [0.5, 0.6) is 17.2 Å². The molecule has 1 aromatic heterocycles. The van der Waals surface area contributed by atoms with Crippen LogP contribution in [0.15, 0.2) is 46.3 Å². The molecule has 0 atom stereocenters. The van der Waals surface area contributed by atoms with Gasteiger partial charge in [0.25, 0.3) is 0 Å². The number of nitrogens with zero attached hydrogens (tertiary/aromatic N) is 2. The highest BCUT2D eigenvalue weighted by atomic mass is 35.5. The van der Waals surface area contributed by atoms with Gasteiger partial charge in [0, 0.05) is 16.0 Å². The second-order valence-electron chi connectivity index (χ2n) is 6.36. The summed E-state index contributed by atoms with van der Waals surface area (Å²) in [5.74, 6) is 2.82. The molecular weight excluding hydrogens is 412 g/mol. The first-order valence-electron chi connectivity index (χ1n) is 9.10. The molecule has 2 heterocycles. The topological polar surface area (TPSA) is 62.6 Å². The van der Waals surface area contributed by atoms with Gasteiger partial charge in [-0.1, -0.05) is 23.4 Å². The molecule has 4 rings (SSSR count). The summed E-state index contributed by atoms with van der Waals surface area (Å²) in [5.41, 5.74) is 1.34. The van der Waals surface area contributed by atoms with E-state index in [9.17, 15) is 4.79 Å². The fourth-order valence-corrected chi connectivity index (χ4v) is 4.23. The van der Waals surface area contributed by atoms with Gasteiger partial charge in [0.15, 0.2) is 17.8 Å². The predicted molar refractivity (Wildman–Crippen MR) is 111 cm³/mol. The van der Waals surface area contributed by atoms with Gasteiger partial charge < -0.3 is 18.8 Å². The van der Waals surface area contributed by atoms with Crippen molar-refractivity contribution < 1.29 is 19.0 Å². The van der Waals surface area contributed by atoms with E-state index in [0.717, 1.165) is 28.3 Å². The van der Waals surface area contributed by atoms with Crippen molar-refractivity contribution in [1.29, 1.82) is 0 Å². The second kappa shape index (κ2) is 8.39. The minimum atomic E-state index is 0.182. The summed E-state index contributed by atoms with van der Waals surface area (Å²) in [6.45, 7) is 5.03. The normalized spacial score (nSPS) is 12.2. The van der Waals surface area contributed by atoms with Crippen LogP contribution in [0.1, 0.15) is 28.8 Å². The zero-order chi connectivity index (χ0) is 20.4. The van der Waals surface area contributed by atoms with E-state index in [4.69, 9.17) is 25.8 Å². The van der Waals surface area contributed by atoms with Gasteiger partial charge in [-0.15, -0.1) is 0 Å². The number of aromatic nitrogens is 2. The third-order valence-corrected chi connectivity index (χ3v) is 5.85. The molecule has 0 unspecified atom stereocenters. The molecule has 1 aliphatic rings. The Morgan fingerprint density at radius 1 is 1.24 bits per heavy atom. The van der Waals surface area contributed by atoms with Gasteiger partial charge in [0.2, 0.25) is 6.79 Å². The van der Waals surface area contributed by atoms with Crippen molar-refractivity contribution in [3.8, 4) is 17.2 Å². The molecule has 0 saturated heterocycles. The van der Waals surface area contributed by atoms with Gasteiger partial charge in [-0.3, -0.25) is 4.79 Å². The van der Waals surface area contributed by atoms with E-state index in [1.54, 1.807) is 6.07 Å². The van der Waals surface area contributed by atoms with Gasteiger partial charge in [-0.25, -0.2) is 4.98 Å². The molecule has 29 heavy (non-hydrogen) atoms. The third kappa shape index (κ3) is 4.06. The molecule has 0 aliphatic carbocycles. The van der Waals surface area contributed by atoms with E-state index in [0.29, 0.717) is 40.4 Å². The molecule has 0 amide bonds. The summed E-state index contributed by atoms with van der Waals surface area (Å²) in [7, 11) is 0. The summed E-state index contributed by atoms with van der Waals surface area (Å²) < 4.78 is 18.1. The van der Waals surface area contributed by atoms with Crippen molar-refractivity contribution in [3.05, 3.63) is 58.5 Å². The van der Waals surface area contributed by atoms with Gasteiger partial charge in [0.1, 0.15) is 22.3 Å². The Morgan fingerprint density at radius 2 is 1.97 bits per heavy atom. The molecule has 1 aliphatic heterocycles. The number of benzene rings is 2. The number of rotatable bonds is 7. The summed E-state index contributed by atoms with van der Waals surface area (Å²) in [5, 5.41) is 1.21. The van der Waals surface area contributed by atoms with Gasteiger partial charge in [-0.2, -0.15) is 0 Å². The van der Waals surface area contributed by atoms with Crippen LogP contribution in [0.25, 0.3) is 0 Å². The third-order valence-electron chi connectivity index (χ3n) is 4.49. The molecular formula is C21H19ClN2O4S. The fraction of sp³-hybridized carbons (Fsp3) is 0.238. The number of carbonyl (C=O) groups is 1. The second-order valence-corrected chi connectivity index (χ2v) is 7.83. The SMILES string of the molecule is CCOc1ccc(Sc2nc(C)n(Cc3cc4c(cc3Cl)OCO4)c2C=O)cc1. The molecule has 0 fully saturated rings. The van der Waals surface area contributed by atoms with Crippen LogP contribution in [0.4, 0.5) is 0 Å². The number of aryl methyl sites for hydroxylation is 1. The minimum absolute atomic E-state index is 0.182. The first kappa shape index (κ1) is 19.7. The Morgan fingerprint density at radius 3 is 2.66 bits per heavy atom. The summed E-state index contributed by atoms with van der Waals surface area (Å²) >= 11 is 7.85. The van der Waals surface area contributed by atoms with E-state index in [1.807, 2.05) is 48.7 Å². The lowest BCUT2D eigenvalue weighted by atomic mass is 10.2. The highest BCUT2D eigenvalue weighted by Gasteiger charge is 2.20. The maximum atomic E-state index is 11.9. The van der Waals surface area contributed by atoms with Crippen molar-refractivity contribution >= 4 is 29.6 Å². The quantitative estimate of drug-likeness (QED) is 0.492. The number of fused-ring (bicyclic) bond motifs is 1. The molecule has 150 valence electrons. The molecule has 8 heteroatoms. The minimum Gasteiger partial charge on any atom is -0.494 e. The van der Waals surface area contributed by atoms with E-state index in [-0.39, 0.29) is 6.79 Å². The van der Waals surface area contributed by atoms with Crippen molar-refractivity contribution in [2.24, 2.45) is 0 Å². The van der Waals surface area contributed by atoms with Crippen LogP contribution < -0.4 is 14.2 Å². The highest BCUT2D eigenvalue weighted by molar-refractivity contribution is 7.99. The lowest BCUT2D eigenvalue weighted by Gasteiger charge is -2.10. The number of halogens is 1. The number of hydrogen-bond acceptors (Lipinski definition) is 6. The average Bonchev–Trinajstić information content (AvgIpc) is 3.27. The number of imidazole rings is 1. The smallest absolute Gasteiger partial charge is 0.231 e. The fourth-order valence-electron chi connectivity index (χ4n) is 3.08. The predicted octanol–water partition coefficient (Wildman–Crippen LogP) is 4.98. The van der Waals surface area contributed by atoms with E-state index >= 15 is 0 Å². The van der Waals surface area contributed by atoms with Crippen LogP contribution in [0.3, 0.4) is 0 Å². The molecule has 3 aromatic rings. The van der Waals surface area contributed by atoms with Crippen LogP contribution in [0, 0.1) is 6.92 Å². The molecule has 0 spiro atoms. The van der Waals surface area contributed by atoms with Crippen molar-refractivity contribution in [2.45, 2.75) is 30.3 Å².